The molecule has 1 aliphatic carbocycles. The SMILES string of the molecule is Cc1ccc([C@@H](C(=O)NC2CCCC2)N(CCc2cccc(C)c2)C(=O)c2ccco2)cc1. The zero-order valence-electron chi connectivity index (χ0n) is 19.4. The predicted octanol–water partition coefficient (Wildman–Crippen LogP) is 5.38. The van der Waals surface area contributed by atoms with E-state index in [1.165, 1.54) is 11.8 Å². The van der Waals surface area contributed by atoms with E-state index < -0.39 is 6.04 Å². The van der Waals surface area contributed by atoms with Crippen molar-refractivity contribution in [3.8, 4) is 0 Å². The Morgan fingerprint density at radius 2 is 1.76 bits per heavy atom. The van der Waals surface area contributed by atoms with E-state index >= 15 is 0 Å². The Morgan fingerprint density at radius 3 is 2.42 bits per heavy atom. The first-order valence-corrected chi connectivity index (χ1v) is 11.8. The van der Waals surface area contributed by atoms with Crippen LogP contribution in [-0.4, -0.2) is 29.3 Å². The average molecular weight is 445 g/mol. The number of nitrogens with one attached hydrogen (secondary N) is 1. The van der Waals surface area contributed by atoms with Gasteiger partial charge in [-0.15, -0.1) is 0 Å². The number of nitrogens with zero attached hydrogens (tertiary/aromatic N) is 1. The molecule has 0 saturated heterocycles. The Balaban J connectivity index is 1.67. The lowest BCUT2D eigenvalue weighted by Gasteiger charge is -2.32. The molecule has 0 radical (unpaired) electrons. The van der Waals surface area contributed by atoms with Crippen LogP contribution in [0.5, 0.6) is 0 Å². The first-order valence-electron chi connectivity index (χ1n) is 11.8. The molecule has 1 aromatic heterocycles. The Morgan fingerprint density at radius 1 is 1.00 bits per heavy atom. The molecule has 5 nitrogen and oxygen atoms in total. The fraction of sp³-hybridized carbons (Fsp3) is 0.357. The van der Waals surface area contributed by atoms with Crippen LogP contribution in [0.1, 0.15) is 64.5 Å². The van der Waals surface area contributed by atoms with Crippen LogP contribution < -0.4 is 5.32 Å². The van der Waals surface area contributed by atoms with Crippen LogP contribution >= 0.6 is 0 Å². The molecule has 0 aliphatic heterocycles. The van der Waals surface area contributed by atoms with Gasteiger partial charge in [-0.05, 0) is 56.4 Å². The highest BCUT2D eigenvalue weighted by Crippen LogP contribution is 2.27. The van der Waals surface area contributed by atoms with Crippen LogP contribution in [-0.2, 0) is 11.2 Å². The summed E-state index contributed by atoms with van der Waals surface area (Å²) in [6.45, 7) is 4.47. The van der Waals surface area contributed by atoms with E-state index in [0.29, 0.717) is 13.0 Å². The number of rotatable bonds is 8. The molecule has 0 unspecified atom stereocenters. The van der Waals surface area contributed by atoms with Gasteiger partial charge in [0.15, 0.2) is 5.76 Å². The summed E-state index contributed by atoms with van der Waals surface area (Å²) in [6, 6.07) is 18.9. The number of benzene rings is 2. The molecule has 1 fully saturated rings. The molecule has 2 amide bonds. The van der Waals surface area contributed by atoms with E-state index in [0.717, 1.165) is 42.4 Å². The van der Waals surface area contributed by atoms with E-state index in [1.807, 2.05) is 37.3 Å². The molecule has 172 valence electrons. The van der Waals surface area contributed by atoms with Gasteiger partial charge in [-0.25, -0.2) is 0 Å². The molecule has 1 N–H and O–H groups in total. The van der Waals surface area contributed by atoms with Crippen LogP contribution in [0, 0.1) is 13.8 Å². The maximum Gasteiger partial charge on any atom is 0.290 e. The van der Waals surface area contributed by atoms with Crippen molar-refractivity contribution in [3.63, 3.8) is 0 Å². The molecule has 3 aromatic rings. The van der Waals surface area contributed by atoms with Crippen molar-refractivity contribution in [1.29, 1.82) is 0 Å². The fourth-order valence-electron chi connectivity index (χ4n) is 4.58. The van der Waals surface area contributed by atoms with Crippen molar-refractivity contribution >= 4 is 11.8 Å². The largest absolute Gasteiger partial charge is 0.459 e. The van der Waals surface area contributed by atoms with Gasteiger partial charge < -0.3 is 14.6 Å². The molecule has 1 aliphatic rings. The summed E-state index contributed by atoms with van der Waals surface area (Å²) in [5, 5.41) is 3.22. The van der Waals surface area contributed by atoms with E-state index in [9.17, 15) is 9.59 Å². The zero-order valence-corrected chi connectivity index (χ0v) is 19.4. The summed E-state index contributed by atoms with van der Waals surface area (Å²) in [5.41, 5.74) is 4.22. The Hall–Kier alpha value is -3.34. The maximum absolute atomic E-state index is 13.6. The highest BCUT2D eigenvalue weighted by atomic mass is 16.3. The van der Waals surface area contributed by atoms with Crippen molar-refractivity contribution in [1.82, 2.24) is 10.2 Å². The van der Waals surface area contributed by atoms with Gasteiger partial charge in [0, 0.05) is 12.6 Å². The molecule has 5 heteroatoms. The van der Waals surface area contributed by atoms with Gasteiger partial charge in [0.05, 0.1) is 6.26 Å². The normalized spacial score (nSPS) is 14.7. The number of amides is 2. The Kier molecular flexibility index (Phi) is 7.28. The number of aryl methyl sites for hydroxylation is 2. The van der Waals surface area contributed by atoms with E-state index in [1.54, 1.807) is 17.0 Å². The minimum atomic E-state index is -0.728. The van der Waals surface area contributed by atoms with E-state index in [-0.39, 0.29) is 23.6 Å². The lowest BCUT2D eigenvalue weighted by atomic mass is 10.0. The molecule has 1 saturated carbocycles. The van der Waals surface area contributed by atoms with Gasteiger partial charge in [-0.1, -0.05) is 72.5 Å². The molecule has 1 atom stereocenters. The summed E-state index contributed by atoms with van der Waals surface area (Å²) in [6.07, 6.45) is 6.37. The van der Waals surface area contributed by atoms with Gasteiger partial charge in [0.25, 0.3) is 5.91 Å². The first kappa shape index (κ1) is 22.8. The summed E-state index contributed by atoms with van der Waals surface area (Å²) in [4.78, 5) is 28.9. The second-order valence-electron chi connectivity index (χ2n) is 9.02. The first-order chi connectivity index (χ1) is 16.0. The minimum absolute atomic E-state index is 0.130. The molecular weight excluding hydrogens is 412 g/mol. The second kappa shape index (κ2) is 10.5. The number of carbonyl (C=O) groups is 2. The molecular formula is C28H32N2O3. The number of hydrogen-bond acceptors (Lipinski definition) is 3. The van der Waals surface area contributed by atoms with Crippen molar-refractivity contribution in [2.24, 2.45) is 0 Å². The van der Waals surface area contributed by atoms with Crippen LogP contribution in [0.3, 0.4) is 0 Å². The van der Waals surface area contributed by atoms with Gasteiger partial charge in [0.1, 0.15) is 6.04 Å². The smallest absolute Gasteiger partial charge is 0.290 e. The molecule has 2 aromatic carbocycles. The predicted molar refractivity (Wildman–Crippen MR) is 129 cm³/mol. The average Bonchev–Trinajstić information content (AvgIpc) is 3.52. The molecule has 1 heterocycles. The van der Waals surface area contributed by atoms with Crippen molar-refractivity contribution in [2.45, 2.75) is 58.0 Å². The molecule has 4 rings (SSSR count). The number of carbonyl (C=O) groups excluding carboxylic acids is 2. The monoisotopic (exact) mass is 444 g/mol. The maximum atomic E-state index is 13.6. The lowest BCUT2D eigenvalue weighted by Crippen LogP contribution is -2.46. The van der Waals surface area contributed by atoms with Gasteiger partial charge >= 0.3 is 0 Å². The third-order valence-electron chi connectivity index (χ3n) is 6.37. The second-order valence-corrected chi connectivity index (χ2v) is 9.02. The third-order valence-corrected chi connectivity index (χ3v) is 6.37. The topological polar surface area (TPSA) is 62.6 Å². The van der Waals surface area contributed by atoms with Crippen LogP contribution in [0.25, 0.3) is 0 Å². The lowest BCUT2D eigenvalue weighted by molar-refractivity contribution is -0.126. The summed E-state index contributed by atoms with van der Waals surface area (Å²) in [7, 11) is 0. The Bertz CT molecular complexity index is 1070. The van der Waals surface area contributed by atoms with Crippen LogP contribution in [0.4, 0.5) is 0 Å². The van der Waals surface area contributed by atoms with Crippen LogP contribution in [0.2, 0.25) is 0 Å². The molecule has 0 bridgehead atoms. The quantitative estimate of drug-likeness (QED) is 0.507. The van der Waals surface area contributed by atoms with Gasteiger partial charge in [0.2, 0.25) is 5.91 Å². The van der Waals surface area contributed by atoms with Crippen LogP contribution in [0.15, 0.2) is 71.3 Å². The molecule has 33 heavy (non-hydrogen) atoms. The Labute approximate surface area is 195 Å². The highest BCUT2D eigenvalue weighted by Gasteiger charge is 2.34. The summed E-state index contributed by atoms with van der Waals surface area (Å²) >= 11 is 0. The highest BCUT2D eigenvalue weighted by molar-refractivity contribution is 5.96. The van der Waals surface area contributed by atoms with Crippen molar-refractivity contribution < 1.29 is 14.0 Å². The summed E-state index contributed by atoms with van der Waals surface area (Å²) < 4.78 is 5.44. The molecule has 0 spiro atoms. The van der Waals surface area contributed by atoms with Crippen molar-refractivity contribution in [3.05, 3.63) is 94.9 Å². The van der Waals surface area contributed by atoms with Gasteiger partial charge in [-0.2, -0.15) is 0 Å². The number of furan rings is 1. The minimum Gasteiger partial charge on any atom is -0.459 e. The third kappa shape index (κ3) is 5.72. The van der Waals surface area contributed by atoms with E-state index in [4.69, 9.17) is 4.42 Å². The summed E-state index contributed by atoms with van der Waals surface area (Å²) in [5.74, 6) is -0.167. The van der Waals surface area contributed by atoms with Gasteiger partial charge in [-0.3, -0.25) is 9.59 Å². The standard InChI is InChI=1S/C28H32N2O3/c1-20-12-14-23(15-13-20)26(27(31)29-24-9-3-4-10-24)30(28(32)25-11-6-18-33-25)17-16-22-8-5-7-21(2)19-22/h5-8,11-15,18-19,24,26H,3-4,9-10,16-17H2,1-2H3,(H,29,31)/t26-/m0/s1. The number of hydrogen-bond donors (Lipinski definition) is 1. The fourth-order valence-corrected chi connectivity index (χ4v) is 4.58. The van der Waals surface area contributed by atoms with E-state index in [2.05, 4.69) is 30.4 Å². The van der Waals surface area contributed by atoms with Crippen molar-refractivity contribution in [2.75, 3.05) is 6.54 Å². The zero-order chi connectivity index (χ0) is 23.2.